The van der Waals surface area contributed by atoms with Crippen LogP contribution in [0.25, 0.3) is 0 Å². The van der Waals surface area contributed by atoms with Crippen molar-refractivity contribution >= 4 is 17.3 Å². The highest BCUT2D eigenvalue weighted by Gasteiger charge is 2.03. The van der Waals surface area contributed by atoms with Gasteiger partial charge in [0.1, 0.15) is 0 Å². The topological polar surface area (TPSA) is 76.4 Å². The van der Waals surface area contributed by atoms with Crippen LogP contribution in [0.2, 0.25) is 0 Å². The molecule has 0 aliphatic rings. The van der Waals surface area contributed by atoms with Crippen molar-refractivity contribution in [3.8, 4) is 0 Å². The fraction of sp³-hybridized carbons (Fsp3) is 0.316. The Balaban J connectivity index is 1.52. The van der Waals surface area contributed by atoms with Crippen LogP contribution < -0.4 is 16.5 Å². The summed E-state index contributed by atoms with van der Waals surface area (Å²) in [4.78, 5) is 17.3. The average molecular weight is 327 g/mol. The van der Waals surface area contributed by atoms with Gasteiger partial charge in [0.2, 0.25) is 0 Å². The molecule has 4 N–H and O–H groups in total. The molecule has 128 valence electrons. The minimum Gasteiger partial charge on any atom is -0.397 e. The van der Waals surface area contributed by atoms with E-state index in [1.165, 1.54) is 0 Å². The summed E-state index contributed by atoms with van der Waals surface area (Å²) in [6, 6.07) is 15.1. The third kappa shape index (κ3) is 5.93. The number of carbonyl (C=O) groups excluding carboxylic acids is 1. The van der Waals surface area contributed by atoms with Gasteiger partial charge in [-0.2, -0.15) is 0 Å². The van der Waals surface area contributed by atoms with Crippen LogP contribution in [-0.4, -0.2) is 19.1 Å². The van der Waals surface area contributed by atoms with Gasteiger partial charge in [-0.1, -0.05) is 29.8 Å². The van der Waals surface area contributed by atoms with Crippen LogP contribution in [0.3, 0.4) is 0 Å². The number of amides is 1. The SMILES string of the molecule is Cc1ccc(C(=O)NCCCCCONc2ccccc2N)cc1. The van der Waals surface area contributed by atoms with E-state index >= 15 is 0 Å². The maximum Gasteiger partial charge on any atom is 0.251 e. The van der Waals surface area contributed by atoms with Gasteiger partial charge in [-0.3, -0.25) is 15.1 Å². The Morgan fingerprint density at radius 3 is 2.54 bits per heavy atom. The van der Waals surface area contributed by atoms with Crippen molar-refractivity contribution in [2.75, 3.05) is 24.4 Å². The summed E-state index contributed by atoms with van der Waals surface area (Å²) >= 11 is 0. The second-order valence-corrected chi connectivity index (χ2v) is 5.72. The summed E-state index contributed by atoms with van der Waals surface area (Å²) < 4.78 is 0. The van der Waals surface area contributed by atoms with Crippen LogP contribution in [0.4, 0.5) is 11.4 Å². The zero-order chi connectivity index (χ0) is 17.2. The summed E-state index contributed by atoms with van der Waals surface area (Å²) in [6.45, 7) is 3.27. The first kappa shape index (κ1) is 17.8. The normalized spacial score (nSPS) is 10.4. The van der Waals surface area contributed by atoms with Crippen LogP contribution in [-0.2, 0) is 4.84 Å². The Labute approximate surface area is 143 Å². The largest absolute Gasteiger partial charge is 0.397 e. The van der Waals surface area contributed by atoms with Gasteiger partial charge in [-0.15, -0.1) is 0 Å². The molecular weight excluding hydrogens is 302 g/mol. The van der Waals surface area contributed by atoms with Gasteiger partial charge in [0.25, 0.3) is 5.91 Å². The molecule has 2 rings (SSSR count). The fourth-order valence-corrected chi connectivity index (χ4v) is 2.20. The Morgan fingerprint density at radius 1 is 1.04 bits per heavy atom. The van der Waals surface area contributed by atoms with E-state index in [9.17, 15) is 4.79 Å². The van der Waals surface area contributed by atoms with E-state index in [0.29, 0.717) is 24.4 Å². The number of hydrogen-bond donors (Lipinski definition) is 3. The summed E-state index contributed by atoms with van der Waals surface area (Å²) in [5.41, 5.74) is 12.0. The summed E-state index contributed by atoms with van der Waals surface area (Å²) in [5.74, 6) is -0.0209. The molecule has 0 fully saturated rings. The maximum atomic E-state index is 11.9. The number of benzene rings is 2. The fourth-order valence-electron chi connectivity index (χ4n) is 2.20. The molecule has 0 aliphatic heterocycles. The number of para-hydroxylation sites is 2. The van der Waals surface area contributed by atoms with E-state index in [0.717, 1.165) is 30.5 Å². The number of unbranched alkanes of at least 4 members (excludes halogenated alkanes) is 2. The third-order valence-corrected chi connectivity index (χ3v) is 3.67. The van der Waals surface area contributed by atoms with Crippen molar-refractivity contribution in [2.45, 2.75) is 26.2 Å². The monoisotopic (exact) mass is 327 g/mol. The van der Waals surface area contributed by atoms with E-state index in [2.05, 4.69) is 10.8 Å². The summed E-state index contributed by atoms with van der Waals surface area (Å²) in [7, 11) is 0. The van der Waals surface area contributed by atoms with Crippen LogP contribution >= 0.6 is 0 Å². The molecule has 0 atom stereocenters. The van der Waals surface area contributed by atoms with Gasteiger partial charge >= 0.3 is 0 Å². The molecule has 0 aromatic heterocycles. The van der Waals surface area contributed by atoms with Gasteiger partial charge in [-0.05, 0) is 50.5 Å². The minimum atomic E-state index is -0.0209. The highest BCUT2D eigenvalue weighted by atomic mass is 16.6. The quantitative estimate of drug-likeness (QED) is 0.374. The van der Waals surface area contributed by atoms with Crippen LogP contribution in [0.15, 0.2) is 48.5 Å². The summed E-state index contributed by atoms with van der Waals surface area (Å²) in [5, 5.41) is 2.93. The highest BCUT2D eigenvalue weighted by Crippen LogP contribution is 2.16. The molecule has 0 aliphatic carbocycles. The molecule has 0 unspecified atom stereocenters. The van der Waals surface area contributed by atoms with E-state index < -0.39 is 0 Å². The maximum absolute atomic E-state index is 11.9. The molecule has 0 radical (unpaired) electrons. The lowest BCUT2D eigenvalue weighted by Crippen LogP contribution is -2.24. The zero-order valence-corrected chi connectivity index (χ0v) is 14.0. The first-order chi connectivity index (χ1) is 11.7. The number of nitrogens with two attached hydrogens (primary N) is 1. The molecule has 0 saturated carbocycles. The van der Waals surface area contributed by atoms with Gasteiger partial charge in [0, 0.05) is 12.1 Å². The predicted molar refractivity (Wildman–Crippen MR) is 97.8 cm³/mol. The number of aryl methyl sites for hydroxylation is 1. The van der Waals surface area contributed by atoms with Gasteiger partial charge in [0.15, 0.2) is 0 Å². The number of carbonyl (C=O) groups is 1. The first-order valence-corrected chi connectivity index (χ1v) is 8.24. The van der Waals surface area contributed by atoms with Crippen molar-refractivity contribution in [3.05, 3.63) is 59.7 Å². The molecule has 2 aromatic carbocycles. The Morgan fingerprint density at radius 2 is 1.79 bits per heavy atom. The highest BCUT2D eigenvalue weighted by molar-refractivity contribution is 5.94. The number of hydrogen-bond acceptors (Lipinski definition) is 4. The van der Waals surface area contributed by atoms with Crippen molar-refractivity contribution in [2.24, 2.45) is 0 Å². The number of anilines is 2. The number of nitrogens with one attached hydrogen (secondary N) is 2. The van der Waals surface area contributed by atoms with E-state index in [1.54, 1.807) is 0 Å². The number of rotatable bonds is 9. The summed E-state index contributed by atoms with van der Waals surface area (Å²) in [6.07, 6.45) is 2.83. The smallest absolute Gasteiger partial charge is 0.251 e. The molecule has 24 heavy (non-hydrogen) atoms. The van der Waals surface area contributed by atoms with Gasteiger partial charge in [0.05, 0.1) is 18.0 Å². The number of nitrogen functional groups attached to an aromatic ring is 1. The van der Waals surface area contributed by atoms with Crippen molar-refractivity contribution < 1.29 is 9.63 Å². The molecule has 5 heteroatoms. The van der Waals surface area contributed by atoms with Gasteiger partial charge < -0.3 is 11.1 Å². The van der Waals surface area contributed by atoms with E-state index in [-0.39, 0.29) is 5.91 Å². The van der Waals surface area contributed by atoms with Gasteiger partial charge in [-0.25, -0.2) is 0 Å². The van der Waals surface area contributed by atoms with Crippen molar-refractivity contribution in [1.82, 2.24) is 5.32 Å². The molecule has 1 amide bonds. The molecule has 2 aromatic rings. The Hall–Kier alpha value is -2.53. The lowest BCUT2D eigenvalue weighted by atomic mass is 10.1. The second-order valence-electron chi connectivity index (χ2n) is 5.72. The van der Waals surface area contributed by atoms with Crippen LogP contribution in [0.1, 0.15) is 35.2 Å². The van der Waals surface area contributed by atoms with Crippen molar-refractivity contribution in [1.29, 1.82) is 0 Å². The van der Waals surface area contributed by atoms with E-state index in [4.69, 9.17) is 10.6 Å². The predicted octanol–water partition coefficient (Wildman–Crippen LogP) is 3.52. The Kier molecular flexibility index (Phi) is 7.11. The van der Waals surface area contributed by atoms with Crippen molar-refractivity contribution in [3.63, 3.8) is 0 Å². The lowest BCUT2D eigenvalue weighted by molar-refractivity contribution is 0.0952. The Bertz CT molecular complexity index is 641. The molecule has 5 nitrogen and oxygen atoms in total. The molecule has 0 saturated heterocycles. The molecule has 0 heterocycles. The molecular formula is C19H25N3O2. The third-order valence-electron chi connectivity index (χ3n) is 3.67. The standard InChI is InChI=1S/C19H25N3O2/c1-15-9-11-16(12-10-15)19(23)21-13-5-2-6-14-24-22-18-8-4-3-7-17(18)20/h3-4,7-12,22H,2,5-6,13-14,20H2,1H3,(H,21,23). The van der Waals surface area contributed by atoms with Crippen LogP contribution in [0, 0.1) is 6.92 Å². The second kappa shape index (κ2) is 9.57. The minimum absolute atomic E-state index is 0.0209. The average Bonchev–Trinajstić information content (AvgIpc) is 2.59. The zero-order valence-electron chi connectivity index (χ0n) is 14.0. The first-order valence-electron chi connectivity index (χ1n) is 8.24. The lowest BCUT2D eigenvalue weighted by Gasteiger charge is -2.09. The van der Waals surface area contributed by atoms with Crippen LogP contribution in [0.5, 0.6) is 0 Å². The molecule has 0 spiro atoms. The van der Waals surface area contributed by atoms with E-state index in [1.807, 2.05) is 55.5 Å². The molecule has 0 bridgehead atoms.